The van der Waals surface area contributed by atoms with Gasteiger partial charge in [0.25, 0.3) is 0 Å². The lowest BCUT2D eigenvalue weighted by Crippen LogP contribution is -2.38. The maximum atomic E-state index is 9.97. The van der Waals surface area contributed by atoms with Crippen LogP contribution in [0.1, 0.15) is 19.3 Å². The maximum absolute atomic E-state index is 9.97. The fourth-order valence-electron chi connectivity index (χ4n) is 3.65. The molecule has 4 unspecified atom stereocenters. The molecule has 0 amide bonds. The second-order valence-corrected chi connectivity index (χ2v) is 4.90. The second-order valence-electron chi connectivity index (χ2n) is 4.90. The van der Waals surface area contributed by atoms with E-state index in [2.05, 4.69) is 5.32 Å². The van der Waals surface area contributed by atoms with Gasteiger partial charge in [-0.1, -0.05) is 0 Å². The van der Waals surface area contributed by atoms with Crippen molar-refractivity contribution in [1.29, 1.82) is 0 Å². The predicted molar refractivity (Wildman–Crippen MR) is 46.7 cm³/mol. The Balaban J connectivity index is 1.92. The molecule has 3 fully saturated rings. The van der Waals surface area contributed by atoms with Crippen molar-refractivity contribution in [2.45, 2.75) is 25.4 Å². The average molecular weight is 167 g/mol. The summed E-state index contributed by atoms with van der Waals surface area (Å²) < 4.78 is 0. The molecular weight excluding hydrogens is 150 g/mol. The molecule has 1 aliphatic heterocycles. The molecular formula is C10H17NO. The van der Waals surface area contributed by atoms with Crippen molar-refractivity contribution >= 4 is 0 Å². The van der Waals surface area contributed by atoms with Crippen LogP contribution in [-0.4, -0.2) is 24.3 Å². The van der Waals surface area contributed by atoms with Gasteiger partial charge in [-0.2, -0.15) is 0 Å². The largest absolute Gasteiger partial charge is 0.393 e. The molecule has 68 valence electrons. The molecule has 2 heteroatoms. The summed E-state index contributed by atoms with van der Waals surface area (Å²) in [6, 6.07) is 0. The lowest BCUT2D eigenvalue weighted by molar-refractivity contribution is 0.0242. The van der Waals surface area contributed by atoms with Crippen molar-refractivity contribution in [1.82, 2.24) is 5.32 Å². The van der Waals surface area contributed by atoms with E-state index in [4.69, 9.17) is 0 Å². The van der Waals surface area contributed by atoms with Crippen LogP contribution in [0.25, 0.3) is 0 Å². The van der Waals surface area contributed by atoms with E-state index in [1.165, 1.54) is 25.8 Å². The summed E-state index contributed by atoms with van der Waals surface area (Å²) in [5.41, 5.74) is 0. The summed E-state index contributed by atoms with van der Waals surface area (Å²) >= 11 is 0. The summed E-state index contributed by atoms with van der Waals surface area (Å²) in [7, 11) is 0. The molecule has 1 heterocycles. The zero-order valence-electron chi connectivity index (χ0n) is 7.37. The van der Waals surface area contributed by atoms with E-state index in [0.717, 1.165) is 18.4 Å². The molecule has 2 N–H and O–H groups in total. The van der Waals surface area contributed by atoms with Crippen molar-refractivity contribution in [2.75, 3.05) is 13.1 Å². The zero-order chi connectivity index (χ0) is 8.13. The Kier molecular flexibility index (Phi) is 1.50. The van der Waals surface area contributed by atoms with Crippen LogP contribution >= 0.6 is 0 Å². The van der Waals surface area contributed by atoms with Crippen LogP contribution in [0, 0.1) is 23.7 Å². The lowest BCUT2D eigenvalue weighted by Gasteiger charge is -2.32. The Hall–Kier alpha value is -0.0800. The van der Waals surface area contributed by atoms with Gasteiger partial charge in [-0.25, -0.2) is 0 Å². The average Bonchev–Trinajstić information content (AvgIpc) is 2.32. The Morgan fingerprint density at radius 1 is 0.833 bits per heavy atom. The SMILES string of the molecule is O[C@@H]1C2CNCC3CC1CC3C2. The molecule has 3 rings (SSSR count). The molecule has 3 aliphatic rings. The standard InChI is InChI=1S/C10H17NO/c12-10-7-1-6-2-9(10)5-11-4-8(6)3-7/h6-12H,1-5H2/t6?,7?,8?,9?,10-/m0/s1. The number of rotatable bonds is 0. The maximum Gasteiger partial charge on any atom is 0.0608 e. The van der Waals surface area contributed by atoms with E-state index in [0.29, 0.717) is 11.8 Å². The number of aliphatic hydroxyl groups is 1. The molecule has 0 radical (unpaired) electrons. The highest BCUT2D eigenvalue weighted by Gasteiger charge is 2.47. The molecule has 3 bridgehead atoms. The molecule has 2 nitrogen and oxygen atoms in total. The molecule has 0 aromatic heterocycles. The first-order chi connectivity index (χ1) is 5.84. The van der Waals surface area contributed by atoms with Crippen LogP contribution in [0.15, 0.2) is 0 Å². The Morgan fingerprint density at radius 2 is 1.50 bits per heavy atom. The van der Waals surface area contributed by atoms with Crippen molar-refractivity contribution in [3.63, 3.8) is 0 Å². The van der Waals surface area contributed by atoms with Crippen LogP contribution in [0.5, 0.6) is 0 Å². The monoisotopic (exact) mass is 167 g/mol. The third-order valence-corrected chi connectivity index (χ3v) is 4.26. The van der Waals surface area contributed by atoms with Gasteiger partial charge >= 0.3 is 0 Å². The summed E-state index contributed by atoms with van der Waals surface area (Å²) in [6.07, 6.45) is 3.90. The fourth-order valence-corrected chi connectivity index (χ4v) is 3.65. The van der Waals surface area contributed by atoms with E-state index < -0.39 is 0 Å². The lowest BCUT2D eigenvalue weighted by atomic mass is 9.78. The highest BCUT2D eigenvalue weighted by molar-refractivity contribution is 4.98. The molecule has 2 saturated carbocycles. The summed E-state index contributed by atoms with van der Waals surface area (Å²) in [4.78, 5) is 0. The molecule has 0 aromatic carbocycles. The highest BCUT2D eigenvalue weighted by atomic mass is 16.3. The minimum Gasteiger partial charge on any atom is -0.393 e. The predicted octanol–water partition coefficient (Wildman–Crippen LogP) is 0.613. The van der Waals surface area contributed by atoms with Gasteiger partial charge in [0.2, 0.25) is 0 Å². The summed E-state index contributed by atoms with van der Waals surface area (Å²) in [5, 5.41) is 13.4. The Bertz CT molecular complexity index is 190. The third-order valence-electron chi connectivity index (χ3n) is 4.26. The summed E-state index contributed by atoms with van der Waals surface area (Å²) in [5.74, 6) is 3.05. The van der Waals surface area contributed by atoms with E-state index in [-0.39, 0.29) is 6.10 Å². The number of aliphatic hydroxyl groups excluding tert-OH is 1. The van der Waals surface area contributed by atoms with Crippen molar-refractivity contribution in [3.8, 4) is 0 Å². The topological polar surface area (TPSA) is 32.3 Å². The smallest absolute Gasteiger partial charge is 0.0608 e. The van der Waals surface area contributed by atoms with Crippen LogP contribution in [-0.2, 0) is 0 Å². The number of nitrogens with one attached hydrogen (secondary N) is 1. The van der Waals surface area contributed by atoms with Crippen LogP contribution in [0.2, 0.25) is 0 Å². The molecule has 12 heavy (non-hydrogen) atoms. The molecule has 0 spiro atoms. The van der Waals surface area contributed by atoms with Gasteiger partial charge in [0, 0.05) is 6.54 Å². The van der Waals surface area contributed by atoms with Gasteiger partial charge in [-0.3, -0.25) is 0 Å². The highest BCUT2D eigenvalue weighted by Crippen LogP contribution is 2.49. The fraction of sp³-hybridized carbons (Fsp3) is 1.00. The van der Waals surface area contributed by atoms with Gasteiger partial charge in [0.05, 0.1) is 6.10 Å². The molecule has 2 aliphatic carbocycles. The molecule has 1 saturated heterocycles. The number of hydrogen-bond acceptors (Lipinski definition) is 2. The minimum absolute atomic E-state index is 0.0130. The van der Waals surface area contributed by atoms with Gasteiger partial charge in [0.1, 0.15) is 0 Å². The van der Waals surface area contributed by atoms with E-state index in [1.54, 1.807) is 0 Å². The van der Waals surface area contributed by atoms with Crippen LogP contribution in [0.3, 0.4) is 0 Å². The van der Waals surface area contributed by atoms with E-state index in [9.17, 15) is 5.11 Å². The molecule has 5 atom stereocenters. The number of fused-ring (bicyclic) bond motifs is 2. The van der Waals surface area contributed by atoms with Gasteiger partial charge < -0.3 is 10.4 Å². The third kappa shape index (κ3) is 0.882. The van der Waals surface area contributed by atoms with Gasteiger partial charge in [-0.05, 0) is 49.5 Å². The van der Waals surface area contributed by atoms with E-state index >= 15 is 0 Å². The van der Waals surface area contributed by atoms with Crippen molar-refractivity contribution in [3.05, 3.63) is 0 Å². The first-order valence-electron chi connectivity index (χ1n) is 5.23. The van der Waals surface area contributed by atoms with Crippen LogP contribution < -0.4 is 5.32 Å². The van der Waals surface area contributed by atoms with Crippen LogP contribution in [0.4, 0.5) is 0 Å². The van der Waals surface area contributed by atoms with Crippen molar-refractivity contribution < 1.29 is 5.11 Å². The first kappa shape index (κ1) is 7.34. The normalized spacial score (nSPS) is 57.2. The zero-order valence-corrected chi connectivity index (χ0v) is 7.37. The Morgan fingerprint density at radius 3 is 2.42 bits per heavy atom. The Labute approximate surface area is 73.4 Å². The first-order valence-corrected chi connectivity index (χ1v) is 5.23. The second kappa shape index (κ2) is 2.46. The number of hydrogen-bond donors (Lipinski definition) is 2. The van der Waals surface area contributed by atoms with E-state index in [1.807, 2.05) is 0 Å². The van der Waals surface area contributed by atoms with Gasteiger partial charge in [-0.15, -0.1) is 0 Å². The summed E-state index contributed by atoms with van der Waals surface area (Å²) in [6.45, 7) is 2.27. The quantitative estimate of drug-likeness (QED) is 0.554. The molecule has 0 aromatic rings. The minimum atomic E-state index is 0.0130. The van der Waals surface area contributed by atoms with Gasteiger partial charge in [0.15, 0.2) is 0 Å². The van der Waals surface area contributed by atoms with Crippen molar-refractivity contribution in [2.24, 2.45) is 23.7 Å².